The molecule has 3 nitrogen and oxygen atoms in total. The highest BCUT2D eigenvalue weighted by molar-refractivity contribution is 8.15. The Hall–Kier alpha value is -1.03. The predicted octanol–water partition coefficient (Wildman–Crippen LogP) is 5.44. The molecule has 0 fully saturated rings. The van der Waals surface area contributed by atoms with E-state index in [-0.39, 0.29) is 27.9 Å². The minimum absolute atomic E-state index is 0.0203. The van der Waals surface area contributed by atoms with Gasteiger partial charge in [-0.3, -0.25) is 0 Å². The topological polar surface area (TPSA) is 39.2 Å². The van der Waals surface area contributed by atoms with Crippen LogP contribution in [0.5, 0.6) is 0 Å². The van der Waals surface area contributed by atoms with E-state index in [1.807, 2.05) is 0 Å². The lowest BCUT2D eigenvalue weighted by atomic mass is 9.96. The normalized spacial score (nSPS) is 12.1. The third-order valence-electron chi connectivity index (χ3n) is 3.08. The SMILES string of the molecule is COC(=O)c1c(C(F)F)nc(C(F)(F)F)c(SCSC)c1CC(C)C. The summed E-state index contributed by atoms with van der Waals surface area (Å²) >= 11 is 2.11. The van der Waals surface area contributed by atoms with Crippen molar-refractivity contribution < 1.29 is 31.5 Å². The number of halogens is 5. The zero-order chi connectivity index (χ0) is 19.4. The van der Waals surface area contributed by atoms with Crippen LogP contribution in [0.25, 0.3) is 0 Å². The summed E-state index contributed by atoms with van der Waals surface area (Å²) in [5, 5.41) is 0.254. The second kappa shape index (κ2) is 9.07. The first kappa shape index (κ1) is 22.0. The van der Waals surface area contributed by atoms with Gasteiger partial charge in [0.15, 0.2) is 5.69 Å². The van der Waals surface area contributed by atoms with Crippen molar-refractivity contribution in [3.8, 4) is 0 Å². The van der Waals surface area contributed by atoms with Crippen LogP contribution < -0.4 is 0 Å². The Bertz CT molecular complexity index is 621. The fraction of sp³-hybridized carbons (Fsp3) is 0.600. The quantitative estimate of drug-likeness (QED) is 0.263. The van der Waals surface area contributed by atoms with Crippen LogP contribution >= 0.6 is 23.5 Å². The first-order valence-corrected chi connectivity index (χ1v) is 9.54. The van der Waals surface area contributed by atoms with Gasteiger partial charge in [-0.25, -0.2) is 18.6 Å². The van der Waals surface area contributed by atoms with E-state index in [0.717, 1.165) is 18.9 Å². The van der Waals surface area contributed by atoms with Crippen molar-refractivity contribution >= 4 is 29.5 Å². The van der Waals surface area contributed by atoms with Gasteiger partial charge in [-0.2, -0.15) is 24.9 Å². The molecule has 1 aromatic rings. The van der Waals surface area contributed by atoms with Gasteiger partial charge in [0.2, 0.25) is 0 Å². The molecule has 142 valence electrons. The number of nitrogens with zero attached hydrogens (tertiary/aromatic N) is 1. The highest BCUT2D eigenvalue weighted by atomic mass is 32.2. The average molecular weight is 403 g/mol. The van der Waals surface area contributed by atoms with E-state index in [1.54, 1.807) is 20.1 Å². The maximum absolute atomic E-state index is 13.4. The molecule has 0 amide bonds. The van der Waals surface area contributed by atoms with Gasteiger partial charge in [0.1, 0.15) is 5.69 Å². The smallest absolute Gasteiger partial charge is 0.434 e. The number of esters is 1. The molecular weight excluding hydrogens is 385 g/mol. The summed E-state index contributed by atoms with van der Waals surface area (Å²) in [6, 6.07) is 0. The Kier molecular flexibility index (Phi) is 7.98. The number of alkyl halides is 5. The monoisotopic (exact) mass is 403 g/mol. The predicted molar refractivity (Wildman–Crippen MR) is 88.3 cm³/mol. The molecule has 0 radical (unpaired) electrons. The van der Waals surface area contributed by atoms with Gasteiger partial charge in [0.05, 0.1) is 12.7 Å². The number of carbonyl (C=O) groups is 1. The number of carbonyl (C=O) groups excluding carboxylic acids is 1. The van der Waals surface area contributed by atoms with Crippen LogP contribution in [-0.2, 0) is 17.3 Å². The summed E-state index contributed by atoms with van der Waals surface area (Å²) in [4.78, 5) is 14.9. The van der Waals surface area contributed by atoms with Crippen molar-refractivity contribution in [2.45, 2.75) is 37.8 Å². The average Bonchev–Trinajstić information content (AvgIpc) is 2.50. The van der Waals surface area contributed by atoms with Crippen molar-refractivity contribution in [3.05, 3.63) is 22.5 Å². The van der Waals surface area contributed by atoms with Gasteiger partial charge < -0.3 is 4.74 Å². The maximum Gasteiger partial charge on any atom is 0.434 e. The molecule has 0 atom stereocenters. The molecule has 0 aliphatic rings. The first-order chi connectivity index (χ1) is 11.5. The summed E-state index contributed by atoms with van der Waals surface area (Å²) < 4.78 is 71.4. The molecule has 0 spiro atoms. The number of hydrogen-bond donors (Lipinski definition) is 0. The lowest BCUT2D eigenvalue weighted by molar-refractivity contribution is -0.143. The highest BCUT2D eigenvalue weighted by Gasteiger charge is 2.40. The molecule has 0 saturated heterocycles. The molecular formula is C15H18F5NO2S2. The molecule has 1 heterocycles. The van der Waals surface area contributed by atoms with Crippen LogP contribution in [0.2, 0.25) is 0 Å². The van der Waals surface area contributed by atoms with Crippen LogP contribution in [0.1, 0.15) is 47.6 Å². The molecule has 0 aliphatic heterocycles. The highest BCUT2D eigenvalue weighted by Crippen LogP contribution is 2.42. The van der Waals surface area contributed by atoms with E-state index >= 15 is 0 Å². The molecule has 1 rings (SSSR count). The summed E-state index contributed by atoms with van der Waals surface area (Å²) in [5.74, 6) is -1.27. The van der Waals surface area contributed by atoms with Crippen LogP contribution in [0.4, 0.5) is 22.0 Å². The fourth-order valence-corrected chi connectivity index (χ4v) is 3.79. The molecule has 25 heavy (non-hydrogen) atoms. The number of rotatable bonds is 7. The standard InChI is InChI=1S/C15H18F5NO2S2/c1-7(2)5-8-9(14(22)23-3)10(13(16)17)21-12(15(18,19)20)11(8)25-6-24-4/h7,13H,5-6H2,1-4H3. The van der Waals surface area contributed by atoms with E-state index in [4.69, 9.17) is 0 Å². The zero-order valence-corrected chi connectivity index (χ0v) is 15.7. The van der Waals surface area contributed by atoms with Gasteiger partial charge in [-0.15, -0.1) is 11.8 Å². The zero-order valence-electron chi connectivity index (χ0n) is 14.0. The lowest BCUT2D eigenvalue weighted by Gasteiger charge is -2.21. The molecule has 1 aromatic heterocycles. The summed E-state index contributed by atoms with van der Waals surface area (Å²) in [6.45, 7) is 3.44. The largest absolute Gasteiger partial charge is 0.465 e. The van der Waals surface area contributed by atoms with Crippen molar-refractivity contribution in [2.75, 3.05) is 18.5 Å². The Balaban J connectivity index is 3.87. The summed E-state index contributed by atoms with van der Waals surface area (Å²) in [7, 11) is 0.989. The third kappa shape index (κ3) is 5.47. The fourth-order valence-electron chi connectivity index (χ4n) is 2.19. The van der Waals surface area contributed by atoms with E-state index in [0.29, 0.717) is 0 Å². The van der Waals surface area contributed by atoms with E-state index in [1.165, 1.54) is 11.8 Å². The number of hydrogen-bond acceptors (Lipinski definition) is 5. The first-order valence-electron chi connectivity index (χ1n) is 7.16. The van der Waals surface area contributed by atoms with Gasteiger partial charge in [0.25, 0.3) is 6.43 Å². The number of methoxy groups -OCH3 is 1. The molecule has 10 heteroatoms. The third-order valence-corrected chi connectivity index (χ3v) is 5.22. The number of ether oxygens (including phenoxy) is 1. The Morgan fingerprint density at radius 3 is 2.28 bits per heavy atom. The Labute approximate surface area is 151 Å². The lowest BCUT2D eigenvalue weighted by Crippen LogP contribution is -2.21. The van der Waals surface area contributed by atoms with E-state index < -0.39 is 35.5 Å². The number of aromatic nitrogens is 1. The van der Waals surface area contributed by atoms with Crippen LogP contribution in [0.15, 0.2) is 4.90 Å². The van der Waals surface area contributed by atoms with Crippen molar-refractivity contribution in [3.63, 3.8) is 0 Å². The minimum Gasteiger partial charge on any atom is -0.465 e. The van der Waals surface area contributed by atoms with Gasteiger partial charge in [0, 0.05) is 9.98 Å². The Morgan fingerprint density at radius 1 is 1.28 bits per heavy atom. The van der Waals surface area contributed by atoms with Crippen molar-refractivity contribution in [2.24, 2.45) is 5.92 Å². The van der Waals surface area contributed by atoms with Crippen LogP contribution in [0, 0.1) is 5.92 Å². The molecule has 0 N–H and O–H groups in total. The number of thioether (sulfide) groups is 2. The van der Waals surface area contributed by atoms with Gasteiger partial charge >= 0.3 is 12.1 Å². The van der Waals surface area contributed by atoms with Crippen LogP contribution in [0.3, 0.4) is 0 Å². The Morgan fingerprint density at radius 2 is 1.88 bits per heavy atom. The molecule has 0 bridgehead atoms. The van der Waals surface area contributed by atoms with Crippen molar-refractivity contribution in [1.29, 1.82) is 0 Å². The second-order valence-electron chi connectivity index (χ2n) is 5.47. The van der Waals surface area contributed by atoms with E-state index in [2.05, 4.69) is 9.72 Å². The summed E-state index contributed by atoms with van der Waals surface area (Å²) in [6.07, 6.45) is -6.53. The van der Waals surface area contributed by atoms with Gasteiger partial charge in [-0.1, -0.05) is 13.8 Å². The van der Waals surface area contributed by atoms with Crippen LogP contribution in [-0.4, -0.2) is 29.4 Å². The van der Waals surface area contributed by atoms with Crippen molar-refractivity contribution in [1.82, 2.24) is 4.98 Å². The molecule has 0 unspecified atom stereocenters. The molecule has 0 aromatic carbocycles. The second-order valence-corrected chi connectivity index (χ2v) is 7.68. The molecule has 0 saturated carbocycles. The maximum atomic E-state index is 13.4. The minimum atomic E-state index is -4.91. The van der Waals surface area contributed by atoms with E-state index in [9.17, 15) is 26.7 Å². The molecule has 0 aliphatic carbocycles. The van der Waals surface area contributed by atoms with Gasteiger partial charge in [-0.05, 0) is 24.2 Å². The summed E-state index contributed by atoms with van der Waals surface area (Å²) in [5.41, 5.74) is -3.23. The number of pyridine rings is 1.